The summed E-state index contributed by atoms with van der Waals surface area (Å²) < 4.78 is 52.9. The molecule has 4 rings (SSSR count). The number of nitrogens with zero attached hydrogens (tertiary/aromatic N) is 3. The molecule has 12 heteroatoms. The highest BCUT2D eigenvalue weighted by atomic mass is 32.2. The second kappa shape index (κ2) is 9.74. The van der Waals surface area contributed by atoms with Crippen LogP contribution < -0.4 is 10.2 Å². The molecule has 0 bridgehead atoms. The van der Waals surface area contributed by atoms with Gasteiger partial charge >= 0.3 is 12.1 Å². The van der Waals surface area contributed by atoms with Gasteiger partial charge < -0.3 is 5.32 Å². The Kier molecular flexibility index (Phi) is 6.84. The second-order valence-corrected chi connectivity index (χ2v) is 10.6. The van der Waals surface area contributed by atoms with Gasteiger partial charge in [-0.05, 0) is 36.2 Å². The fourth-order valence-electron chi connectivity index (χ4n) is 4.61. The van der Waals surface area contributed by atoms with Gasteiger partial charge in [0.1, 0.15) is 6.04 Å². The fourth-order valence-corrected chi connectivity index (χ4v) is 5.76. The summed E-state index contributed by atoms with van der Waals surface area (Å²) in [5.74, 6) is -0.748. The van der Waals surface area contributed by atoms with E-state index in [1.54, 1.807) is 0 Å². The highest BCUT2D eigenvalue weighted by Gasteiger charge is 2.49. The number of amides is 4. The molecule has 0 radical (unpaired) electrons. The van der Waals surface area contributed by atoms with E-state index in [4.69, 9.17) is 0 Å². The number of hydrogen-bond donors (Lipinski definition) is 1. The minimum atomic E-state index is -3.96. The Labute approximate surface area is 211 Å². The van der Waals surface area contributed by atoms with Crippen molar-refractivity contribution in [2.75, 3.05) is 17.7 Å². The van der Waals surface area contributed by atoms with E-state index in [-0.39, 0.29) is 57.1 Å². The molecule has 1 heterocycles. The van der Waals surface area contributed by atoms with E-state index in [1.807, 2.05) is 6.07 Å². The van der Waals surface area contributed by atoms with E-state index < -0.39 is 40.2 Å². The number of sulfone groups is 1. The Hall–Kier alpha value is -4.11. The van der Waals surface area contributed by atoms with E-state index in [0.717, 1.165) is 17.0 Å². The van der Waals surface area contributed by atoms with Crippen LogP contribution in [0.25, 0.3) is 0 Å². The van der Waals surface area contributed by atoms with Crippen molar-refractivity contribution in [3.05, 3.63) is 70.4 Å². The molecule has 1 aliphatic carbocycles. The number of carbonyl (C=O) groups excluding carboxylic acids is 3. The smallest absolute Gasteiger partial charge is 0.337 e. The first-order valence-corrected chi connectivity index (χ1v) is 13.0. The third kappa shape index (κ3) is 4.35. The van der Waals surface area contributed by atoms with Gasteiger partial charge in [0.15, 0.2) is 15.6 Å². The van der Waals surface area contributed by atoms with Crippen LogP contribution in [0.5, 0.6) is 0 Å². The lowest BCUT2D eigenvalue weighted by atomic mass is 9.92. The molecule has 1 N–H and O–H groups in total. The average molecular weight is 529 g/mol. The first-order chi connectivity index (χ1) is 17.5. The molecule has 1 unspecified atom stereocenters. The molecule has 0 saturated carbocycles. The van der Waals surface area contributed by atoms with Crippen LogP contribution in [0.15, 0.2) is 58.6 Å². The van der Waals surface area contributed by atoms with Gasteiger partial charge in [0.05, 0.1) is 28.0 Å². The molecule has 0 fully saturated rings. The van der Waals surface area contributed by atoms with Crippen LogP contribution in [0.2, 0.25) is 0 Å². The third-order valence-electron chi connectivity index (χ3n) is 6.36. The van der Waals surface area contributed by atoms with Crippen molar-refractivity contribution in [3.8, 4) is 6.07 Å². The van der Waals surface area contributed by atoms with Crippen LogP contribution >= 0.6 is 0 Å². The SMILES string of the molecule is CCS(=O)(=O)c1cc(C#N)ccc1C1C2=C(CCC2=O)N(c2cccc(C(F)F)c2)C(=O)N1C(=O)NC. The van der Waals surface area contributed by atoms with Crippen LogP contribution in [0.4, 0.5) is 24.1 Å². The monoisotopic (exact) mass is 528 g/mol. The number of alkyl halides is 2. The topological polar surface area (TPSA) is 128 Å². The molecular weight excluding hydrogens is 506 g/mol. The number of Topliss-reactive ketones (excluding diaryl/α,β-unsaturated/α-hetero) is 1. The largest absolute Gasteiger partial charge is 0.341 e. The quantitative estimate of drug-likeness (QED) is 0.619. The first kappa shape index (κ1) is 26.0. The van der Waals surface area contributed by atoms with Gasteiger partial charge in [-0.2, -0.15) is 5.26 Å². The zero-order valence-electron chi connectivity index (χ0n) is 19.9. The van der Waals surface area contributed by atoms with Gasteiger partial charge in [0.2, 0.25) is 0 Å². The number of ketones is 1. The minimum Gasteiger partial charge on any atom is -0.341 e. The Morgan fingerprint density at radius 3 is 2.54 bits per heavy atom. The summed E-state index contributed by atoms with van der Waals surface area (Å²) in [5, 5.41) is 11.7. The predicted octanol–water partition coefficient (Wildman–Crippen LogP) is 4.23. The minimum absolute atomic E-state index is 0.0125. The summed E-state index contributed by atoms with van der Waals surface area (Å²) in [6.07, 6.45) is -2.75. The first-order valence-electron chi connectivity index (χ1n) is 11.3. The van der Waals surface area contributed by atoms with E-state index in [0.29, 0.717) is 4.90 Å². The van der Waals surface area contributed by atoms with Crippen molar-refractivity contribution in [1.82, 2.24) is 10.2 Å². The van der Waals surface area contributed by atoms with Gasteiger partial charge in [-0.3, -0.25) is 9.69 Å². The molecule has 4 amide bonds. The number of allylic oxidation sites excluding steroid dienone is 1. The zero-order valence-corrected chi connectivity index (χ0v) is 20.7. The molecule has 2 aromatic carbocycles. The molecule has 1 atom stereocenters. The molecule has 2 aromatic rings. The normalized spacial score (nSPS) is 17.8. The number of benzene rings is 2. The molecule has 0 saturated heterocycles. The van der Waals surface area contributed by atoms with Crippen molar-refractivity contribution in [2.24, 2.45) is 0 Å². The zero-order chi connectivity index (χ0) is 27.1. The number of hydrogen-bond acceptors (Lipinski definition) is 6. The third-order valence-corrected chi connectivity index (χ3v) is 8.15. The van der Waals surface area contributed by atoms with Crippen LogP contribution in [0.1, 0.15) is 48.9 Å². The number of anilines is 1. The Morgan fingerprint density at radius 1 is 1.19 bits per heavy atom. The van der Waals surface area contributed by atoms with Crippen molar-refractivity contribution < 1.29 is 31.6 Å². The van der Waals surface area contributed by atoms with Crippen molar-refractivity contribution in [2.45, 2.75) is 37.1 Å². The van der Waals surface area contributed by atoms with Gasteiger partial charge in [-0.1, -0.05) is 25.1 Å². The molecule has 1 aliphatic heterocycles. The molecule has 192 valence electrons. The standard InChI is InChI=1S/C25H22F2N4O5S/c1-3-37(35,36)20-11-14(13-28)7-8-17(20)22-21-18(9-10-19(21)32)30(25(34)31(22)24(33)29-2)16-6-4-5-15(12-16)23(26)27/h4-8,11-12,22-23H,3,9-10H2,1-2H3,(H,29,33). The Balaban J connectivity index is 2.04. The molecule has 9 nitrogen and oxygen atoms in total. The summed E-state index contributed by atoms with van der Waals surface area (Å²) in [7, 11) is -2.70. The molecular formula is C25H22F2N4O5S. The lowest BCUT2D eigenvalue weighted by Gasteiger charge is -2.41. The lowest BCUT2D eigenvalue weighted by Crippen LogP contribution is -2.55. The maximum Gasteiger partial charge on any atom is 0.337 e. The van der Waals surface area contributed by atoms with Crippen LogP contribution in [-0.4, -0.2) is 44.0 Å². The highest BCUT2D eigenvalue weighted by molar-refractivity contribution is 7.91. The van der Waals surface area contributed by atoms with Gasteiger partial charge in [0, 0.05) is 30.3 Å². The van der Waals surface area contributed by atoms with Crippen LogP contribution in [0, 0.1) is 11.3 Å². The van der Waals surface area contributed by atoms with Gasteiger partial charge in [-0.25, -0.2) is 31.7 Å². The molecule has 0 aromatic heterocycles. The Morgan fingerprint density at radius 2 is 1.92 bits per heavy atom. The number of carbonyl (C=O) groups is 3. The summed E-state index contributed by atoms with van der Waals surface area (Å²) in [5.41, 5.74) is -0.0607. The number of halogens is 2. The van der Waals surface area contributed by atoms with Crippen molar-refractivity contribution >= 4 is 33.4 Å². The number of nitriles is 1. The second-order valence-electron chi connectivity index (χ2n) is 8.39. The summed E-state index contributed by atoms with van der Waals surface area (Å²) in [4.78, 5) is 41.6. The maximum atomic E-state index is 13.9. The van der Waals surface area contributed by atoms with E-state index in [1.165, 1.54) is 44.3 Å². The van der Waals surface area contributed by atoms with E-state index in [2.05, 4.69) is 5.32 Å². The van der Waals surface area contributed by atoms with Gasteiger partial charge in [-0.15, -0.1) is 0 Å². The molecule has 2 aliphatic rings. The van der Waals surface area contributed by atoms with Gasteiger partial charge in [0.25, 0.3) is 6.43 Å². The molecule has 0 spiro atoms. The summed E-state index contributed by atoms with van der Waals surface area (Å²) >= 11 is 0. The van der Waals surface area contributed by atoms with E-state index >= 15 is 0 Å². The summed E-state index contributed by atoms with van der Waals surface area (Å²) in [6, 6.07) is 7.45. The van der Waals surface area contributed by atoms with E-state index in [9.17, 15) is 36.8 Å². The number of rotatable bonds is 5. The maximum absolute atomic E-state index is 13.9. The highest BCUT2D eigenvalue weighted by Crippen LogP contribution is 2.46. The summed E-state index contributed by atoms with van der Waals surface area (Å²) in [6.45, 7) is 1.41. The number of imide groups is 1. The van der Waals surface area contributed by atoms with Crippen molar-refractivity contribution in [3.63, 3.8) is 0 Å². The Bertz CT molecular complexity index is 1500. The predicted molar refractivity (Wildman–Crippen MR) is 128 cm³/mol. The molecule has 37 heavy (non-hydrogen) atoms. The van der Waals surface area contributed by atoms with Crippen molar-refractivity contribution in [1.29, 1.82) is 5.26 Å². The van der Waals surface area contributed by atoms with Crippen LogP contribution in [-0.2, 0) is 14.6 Å². The number of urea groups is 2. The fraction of sp³-hybridized carbons (Fsp3) is 0.280. The lowest BCUT2D eigenvalue weighted by molar-refractivity contribution is -0.115. The van der Waals surface area contributed by atoms with Crippen LogP contribution in [0.3, 0.4) is 0 Å². The number of nitrogens with one attached hydrogen (secondary N) is 1. The average Bonchev–Trinajstić information content (AvgIpc) is 3.27.